The number of terminal acetylenes is 1. The van der Waals surface area contributed by atoms with Crippen molar-refractivity contribution < 1.29 is 13.2 Å². The van der Waals surface area contributed by atoms with Gasteiger partial charge in [-0.2, -0.15) is 0 Å². The number of nitrogens with two attached hydrogens (primary N) is 1. The van der Waals surface area contributed by atoms with E-state index in [-0.39, 0.29) is 18.4 Å². The fourth-order valence-electron chi connectivity index (χ4n) is 1.97. The molecule has 1 unspecified atom stereocenters. The van der Waals surface area contributed by atoms with Crippen LogP contribution in [0, 0.1) is 12.3 Å². The van der Waals surface area contributed by atoms with Crippen molar-refractivity contribution in [3.8, 4) is 12.3 Å². The highest BCUT2D eigenvalue weighted by Gasteiger charge is 2.26. The summed E-state index contributed by atoms with van der Waals surface area (Å²) in [5.74, 6) is 2.20. The van der Waals surface area contributed by atoms with Crippen LogP contribution in [0.2, 0.25) is 0 Å². The Morgan fingerprint density at radius 1 is 1.56 bits per heavy atom. The Balaban J connectivity index is 2.44. The maximum absolute atomic E-state index is 11.8. The number of sulfonamides is 1. The van der Waals surface area contributed by atoms with E-state index in [1.54, 1.807) is 4.90 Å². The van der Waals surface area contributed by atoms with Gasteiger partial charge in [0.05, 0.1) is 12.3 Å². The minimum Gasteiger partial charge on any atom is -0.341 e. The van der Waals surface area contributed by atoms with Gasteiger partial charge < -0.3 is 10.6 Å². The first-order valence-corrected chi connectivity index (χ1v) is 7.67. The van der Waals surface area contributed by atoms with Crippen molar-refractivity contribution in [1.29, 1.82) is 0 Å². The zero-order chi connectivity index (χ0) is 13.8. The topological polar surface area (TPSA) is 92.5 Å². The lowest BCUT2D eigenvalue weighted by Crippen LogP contribution is -2.50. The molecule has 18 heavy (non-hydrogen) atoms. The maximum Gasteiger partial charge on any atom is 0.240 e. The van der Waals surface area contributed by atoms with E-state index in [4.69, 9.17) is 12.2 Å². The third-order valence-electron chi connectivity index (χ3n) is 2.84. The van der Waals surface area contributed by atoms with Gasteiger partial charge in [-0.05, 0) is 12.8 Å². The number of nitrogens with zero attached hydrogens (tertiary/aromatic N) is 1. The number of piperidine rings is 1. The molecule has 0 aromatic rings. The summed E-state index contributed by atoms with van der Waals surface area (Å²) in [4.78, 5) is 13.5. The lowest BCUT2D eigenvalue weighted by atomic mass is 10.0. The van der Waals surface area contributed by atoms with Crippen LogP contribution in [-0.2, 0) is 14.8 Å². The molecule has 0 radical (unpaired) electrons. The van der Waals surface area contributed by atoms with Crippen molar-refractivity contribution in [3.63, 3.8) is 0 Å². The van der Waals surface area contributed by atoms with Gasteiger partial charge in [0.2, 0.25) is 15.9 Å². The van der Waals surface area contributed by atoms with E-state index in [1.165, 1.54) is 0 Å². The van der Waals surface area contributed by atoms with Crippen molar-refractivity contribution in [2.75, 3.05) is 19.3 Å². The quantitative estimate of drug-likeness (QED) is 0.634. The van der Waals surface area contributed by atoms with Crippen LogP contribution >= 0.6 is 0 Å². The minimum atomic E-state index is -3.19. The Labute approximate surface area is 108 Å². The molecule has 6 nitrogen and oxygen atoms in total. The number of likely N-dealkylation sites (tertiary alicyclic amines) is 1. The predicted octanol–water partition coefficient (Wildman–Crippen LogP) is -1.12. The van der Waals surface area contributed by atoms with Crippen molar-refractivity contribution in [2.24, 2.45) is 5.73 Å². The molecule has 1 aliphatic heterocycles. The van der Waals surface area contributed by atoms with Crippen LogP contribution in [0.15, 0.2) is 0 Å². The molecular weight excluding hydrogens is 254 g/mol. The lowest BCUT2D eigenvalue weighted by Gasteiger charge is -2.33. The van der Waals surface area contributed by atoms with Gasteiger partial charge in [-0.15, -0.1) is 12.3 Å². The molecule has 1 atom stereocenters. The molecule has 0 saturated carbocycles. The molecule has 1 rings (SSSR count). The van der Waals surface area contributed by atoms with E-state index in [0.717, 1.165) is 6.26 Å². The fraction of sp³-hybridized carbons (Fsp3) is 0.727. The van der Waals surface area contributed by atoms with Crippen molar-refractivity contribution >= 4 is 15.9 Å². The first kappa shape index (κ1) is 15.0. The number of hydrogen-bond donors (Lipinski definition) is 2. The second kappa shape index (κ2) is 6.18. The molecule has 0 aromatic carbocycles. The SMILES string of the molecule is C#CCC(N)C(=O)N1CCC(NS(C)(=O)=O)CC1. The number of carbonyl (C=O) groups excluding carboxylic acids is 1. The Bertz CT molecular complexity index is 433. The monoisotopic (exact) mass is 273 g/mol. The van der Waals surface area contributed by atoms with Crippen LogP contribution in [0.4, 0.5) is 0 Å². The van der Waals surface area contributed by atoms with E-state index in [0.29, 0.717) is 25.9 Å². The molecule has 3 N–H and O–H groups in total. The first-order valence-electron chi connectivity index (χ1n) is 5.78. The standard InChI is InChI=1S/C11H19N3O3S/c1-3-4-10(12)11(15)14-7-5-9(6-8-14)13-18(2,16)17/h1,9-10,13H,4-8,12H2,2H3. The number of hydrogen-bond acceptors (Lipinski definition) is 4. The van der Waals surface area contributed by atoms with Gasteiger partial charge in [0.1, 0.15) is 0 Å². The molecule has 102 valence electrons. The lowest BCUT2D eigenvalue weighted by molar-refractivity contribution is -0.133. The zero-order valence-corrected chi connectivity index (χ0v) is 11.2. The summed E-state index contributed by atoms with van der Waals surface area (Å²) in [6, 6.07) is -0.762. The molecule has 1 saturated heterocycles. The Kier molecular flexibility index (Phi) is 5.14. The van der Waals surface area contributed by atoms with Gasteiger partial charge in [-0.3, -0.25) is 4.79 Å². The summed E-state index contributed by atoms with van der Waals surface area (Å²) in [7, 11) is -3.19. The van der Waals surface area contributed by atoms with Crippen LogP contribution in [0.5, 0.6) is 0 Å². The summed E-state index contributed by atoms with van der Waals surface area (Å²) in [5.41, 5.74) is 5.65. The zero-order valence-electron chi connectivity index (χ0n) is 10.4. The Morgan fingerprint density at radius 2 is 2.11 bits per heavy atom. The second-order valence-electron chi connectivity index (χ2n) is 4.50. The first-order chi connectivity index (χ1) is 8.33. The molecule has 1 heterocycles. The second-order valence-corrected chi connectivity index (χ2v) is 6.28. The van der Waals surface area contributed by atoms with Crippen LogP contribution in [0.25, 0.3) is 0 Å². The number of carbonyl (C=O) groups is 1. The van der Waals surface area contributed by atoms with Crippen LogP contribution in [0.3, 0.4) is 0 Å². The third-order valence-corrected chi connectivity index (χ3v) is 3.60. The molecule has 1 fully saturated rings. The van der Waals surface area contributed by atoms with Crippen molar-refractivity contribution in [2.45, 2.75) is 31.3 Å². The molecule has 1 amide bonds. The largest absolute Gasteiger partial charge is 0.341 e. The smallest absolute Gasteiger partial charge is 0.240 e. The van der Waals surface area contributed by atoms with E-state index >= 15 is 0 Å². The minimum absolute atomic E-state index is 0.104. The normalized spacial score (nSPS) is 19.3. The number of nitrogens with one attached hydrogen (secondary N) is 1. The summed E-state index contributed by atoms with van der Waals surface area (Å²) in [5, 5.41) is 0. The van der Waals surface area contributed by atoms with Gasteiger partial charge >= 0.3 is 0 Å². The van der Waals surface area contributed by atoms with E-state index in [2.05, 4.69) is 10.6 Å². The Hall–Kier alpha value is -1.10. The maximum atomic E-state index is 11.8. The van der Waals surface area contributed by atoms with Gasteiger partial charge in [-0.1, -0.05) is 0 Å². The van der Waals surface area contributed by atoms with Crippen LogP contribution in [-0.4, -0.2) is 50.7 Å². The highest BCUT2D eigenvalue weighted by molar-refractivity contribution is 7.88. The van der Waals surface area contributed by atoms with Crippen LogP contribution in [0.1, 0.15) is 19.3 Å². The summed E-state index contributed by atoms with van der Waals surface area (Å²) >= 11 is 0. The highest BCUT2D eigenvalue weighted by Crippen LogP contribution is 2.12. The molecule has 1 aliphatic rings. The van der Waals surface area contributed by atoms with Crippen molar-refractivity contribution in [1.82, 2.24) is 9.62 Å². The van der Waals surface area contributed by atoms with E-state index in [9.17, 15) is 13.2 Å². The summed E-state index contributed by atoms with van der Waals surface area (Å²) < 4.78 is 24.7. The molecule has 0 aliphatic carbocycles. The molecular formula is C11H19N3O3S. The molecule has 0 spiro atoms. The predicted molar refractivity (Wildman–Crippen MR) is 69.0 cm³/mol. The molecule has 0 aromatic heterocycles. The number of rotatable bonds is 4. The van der Waals surface area contributed by atoms with Gasteiger partial charge in [-0.25, -0.2) is 13.1 Å². The van der Waals surface area contributed by atoms with Crippen molar-refractivity contribution in [3.05, 3.63) is 0 Å². The van der Waals surface area contributed by atoms with E-state index in [1.807, 2.05) is 0 Å². The van der Waals surface area contributed by atoms with Gasteiger partial charge in [0.25, 0.3) is 0 Å². The van der Waals surface area contributed by atoms with Crippen LogP contribution < -0.4 is 10.5 Å². The summed E-state index contributed by atoms with van der Waals surface area (Å²) in [6.45, 7) is 1.01. The third kappa shape index (κ3) is 4.64. The summed E-state index contributed by atoms with van der Waals surface area (Å²) in [6.07, 6.45) is 7.66. The highest BCUT2D eigenvalue weighted by atomic mass is 32.2. The average Bonchev–Trinajstić information content (AvgIpc) is 2.27. The Morgan fingerprint density at radius 3 is 2.56 bits per heavy atom. The fourth-order valence-corrected chi connectivity index (χ4v) is 2.81. The molecule has 0 bridgehead atoms. The molecule has 7 heteroatoms. The van der Waals surface area contributed by atoms with Gasteiger partial charge in [0.15, 0.2) is 0 Å². The number of amides is 1. The van der Waals surface area contributed by atoms with Gasteiger partial charge in [0, 0.05) is 25.6 Å². The van der Waals surface area contributed by atoms with E-state index < -0.39 is 16.1 Å². The average molecular weight is 273 g/mol.